The van der Waals surface area contributed by atoms with E-state index in [1.54, 1.807) is 43.2 Å². The summed E-state index contributed by atoms with van der Waals surface area (Å²) in [6.45, 7) is 7.80. The van der Waals surface area contributed by atoms with E-state index < -0.39 is 21.6 Å². The van der Waals surface area contributed by atoms with Crippen LogP contribution >= 0.6 is 0 Å². The van der Waals surface area contributed by atoms with Gasteiger partial charge in [0, 0.05) is 25.0 Å². The fraction of sp³-hybridized carbons (Fsp3) is 0.462. The second-order valence-electron chi connectivity index (χ2n) is 9.56. The van der Waals surface area contributed by atoms with Crippen LogP contribution in [0.5, 0.6) is 5.75 Å². The first-order chi connectivity index (χ1) is 16.3. The second kappa shape index (κ2) is 12.1. The van der Waals surface area contributed by atoms with E-state index in [0.29, 0.717) is 17.9 Å². The highest BCUT2D eigenvalue weighted by atomic mass is 32.2. The molecule has 0 radical (unpaired) electrons. The molecule has 9 heteroatoms. The van der Waals surface area contributed by atoms with Crippen LogP contribution in [-0.2, 0) is 26.2 Å². The molecule has 192 valence electrons. The fourth-order valence-corrected chi connectivity index (χ4v) is 4.55. The van der Waals surface area contributed by atoms with Gasteiger partial charge in [-0.3, -0.25) is 13.9 Å². The van der Waals surface area contributed by atoms with Gasteiger partial charge in [-0.1, -0.05) is 30.3 Å². The van der Waals surface area contributed by atoms with Crippen LogP contribution in [-0.4, -0.2) is 56.6 Å². The van der Waals surface area contributed by atoms with Gasteiger partial charge in [-0.25, -0.2) is 8.42 Å². The Bertz CT molecular complexity index is 1080. The van der Waals surface area contributed by atoms with Crippen LogP contribution in [0.1, 0.15) is 46.1 Å². The van der Waals surface area contributed by atoms with Crippen LogP contribution in [0.4, 0.5) is 5.69 Å². The molecule has 2 rings (SSSR count). The Labute approximate surface area is 209 Å². The number of amides is 2. The maximum absolute atomic E-state index is 13.3. The van der Waals surface area contributed by atoms with Gasteiger partial charge in [0.2, 0.25) is 21.8 Å². The van der Waals surface area contributed by atoms with Crippen molar-refractivity contribution < 1.29 is 22.7 Å². The van der Waals surface area contributed by atoms with Crippen molar-refractivity contribution in [3.8, 4) is 5.75 Å². The normalized spacial score (nSPS) is 12.5. The lowest BCUT2D eigenvalue weighted by Crippen LogP contribution is -2.52. The van der Waals surface area contributed by atoms with Crippen LogP contribution < -0.4 is 14.4 Å². The summed E-state index contributed by atoms with van der Waals surface area (Å²) in [5.41, 5.74) is 0.980. The number of sulfonamides is 1. The van der Waals surface area contributed by atoms with Crippen LogP contribution in [0, 0.1) is 0 Å². The van der Waals surface area contributed by atoms with E-state index >= 15 is 0 Å². The summed E-state index contributed by atoms with van der Waals surface area (Å²) in [4.78, 5) is 27.7. The second-order valence-corrected chi connectivity index (χ2v) is 11.5. The van der Waals surface area contributed by atoms with E-state index in [0.717, 1.165) is 11.8 Å². The number of nitrogens with zero attached hydrogens (tertiary/aromatic N) is 2. The Morgan fingerprint density at radius 2 is 1.63 bits per heavy atom. The van der Waals surface area contributed by atoms with Crippen LogP contribution in [0.15, 0.2) is 54.6 Å². The minimum Gasteiger partial charge on any atom is -0.497 e. The molecule has 0 saturated heterocycles. The number of hydrogen-bond acceptors (Lipinski definition) is 5. The number of nitrogens with one attached hydrogen (secondary N) is 1. The molecule has 0 aliphatic carbocycles. The van der Waals surface area contributed by atoms with Crippen molar-refractivity contribution in [2.75, 3.05) is 24.2 Å². The van der Waals surface area contributed by atoms with Crippen molar-refractivity contribution in [1.82, 2.24) is 10.2 Å². The van der Waals surface area contributed by atoms with Gasteiger partial charge in [0.1, 0.15) is 11.8 Å². The predicted molar refractivity (Wildman–Crippen MR) is 139 cm³/mol. The Balaban J connectivity index is 2.15. The van der Waals surface area contributed by atoms with Gasteiger partial charge in [0.15, 0.2) is 0 Å². The number of rotatable bonds is 11. The van der Waals surface area contributed by atoms with Crippen LogP contribution in [0.2, 0.25) is 0 Å². The first-order valence-electron chi connectivity index (χ1n) is 11.6. The minimum absolute atomic E-state index is 0.0994. The molecule has 0 saturated carbocycles. The zero-order valence-corrected chi connectivity index (χ0v) is 22.3. The van der Waals surface area contributed by atoms with E-state index in [4.69, 9.17) is 4.74 Å². The van der Waals surface area contributed by atoms with E-state index in [1.807, 2.05) is 51.1 Å². The van der Waals surface area contributed by atoms with E-state index in [1.165, 1.54) is 4.31 Å². The molecule has 35 heavy (non-hydrogen) atoms. The summed E-state index contributed by atoms with van der Waals surface area (Å²) in [6, 6.07) is 15.5. The predicted octanol–water partition coefficient (Wildman–Crippen LogP) is 3.57. The zero-order valence-electron chi connectivity index (χ0n) is 21.4. The molecule has 0 aromatic heterocycles. The van der Waals surface area contributed by atoms with Gasteiger partial charge in [-0.05, 0) is 63.9 Å². The lowest BCUT2D eigenvalue weighted by atomic mass is 10.1. The standard InChI is InChI=1S/C26H37N3O5S/c1-20(25(31)27-26(2,3)4)28(19-21-11-8-7-9-12-21)24(30)13-10-18-29(35(6,32)33)22-14-16-23(34-5)17-15-22/h7-9,11-12,14-17,20H,10,13,18-19H2,1-6H3,(H,27,31). The number of benzene rings is 2. The number of carbonyl (C=O) groups is 2. The monoisotopic (exact) mass is 503 g/mol. The zero-order chi connectivity index (χ0) is 26.2. The number of carbonyl (C=O) groups excluding carboxylic acids is 2. The molecule has 0 spiro atoms. The Morgan fingerprint density at radius 1 is 1.03 bits per heavy atom. The highest BCUT2D eigenvalue weighted by Crippen LogP contribution is 2.22. The van der Waals surface area contributed by atoms with Crippen molar-refractivity contribution in [2.24, 2.45) is 0 Å². The van der Waals surface area contributed by atoms with Gasteiger partial charge in [0.25, 0.3) is 0 Å². The van der Waals surface area contributed by atoms with Crippen LogP contribution in [0.25, 0.3) is 0 Å². The van der Waals surface area contributed by atoms with Crippen molar-refractivity contribution in [3.05, 3.63) is 60.2 Å². The summed E-state index contributed by atoms with van der Waals surface area (Å²) in [7, 11) is -2.01. The molecule has 8 nitrogen and oxygen atoms in total. The largest absolute Gasteiger partial charge is 0.497 e. The molecule has 0 fully saturated rings. The molecule has 0 bridgehead atoms. The molecule has 1 unspecified atom stereocenters. The van der Waals surface area contributed by atoms with E-state index in [9.17, 15) is 18.0 Å². The van der Waals surface area contributed by atoms with Crippen molar-refractivity contribution >= 4 is 27.5 Å². The number of hydrogen-bond donors (Lipinski definition) is 1. The Hall–Kier alpha value is -3.07. The third-order valence-electron chi connectivity index (χ3n) is 5.37. The third-order valence-corrected chi connectivity index (χ3v) is 6.57. The average molecular weight is 504 g/mol. The maximum atomic E-state index is 13.3. The summed E-state index contributed by atoms with van der Waals surface area (Å²) in [5, 5.41) is 2.93. The summed E-state index contributed by atoms with van der Waals surface area (Å²) < 4.78 is 31.2. The molecule has 0 heterocycles. The molecule has 2 aromatic carbocycles. The van der Waals surface area contributed by atoms with Crippen molar-refractivity contribution in [1.29, 1.82) is 0 Å². The highest BCUT2D eigenvalue weighted by molar-refractivity contribution is 7.92. The van der Waals surface area contributed by atoms with Gasteiger partial charge >= 0.3 is 0 Å². The summed E-state index contributed by atoms with van der Waals surface area (Å²) >= 11 is 0. The summed E-state index contributed by atoms with van der Waals surface area (Å²) in [5.74, 6) is 0.169. The molecule has 2 amide bonds. The molecule has 0 aliphatic heterocycles. The third kappa shape index (κ3) is 8.90. The first-order valence-corrected chi connectivity index (χ1v) is 13.4. The minimum atomic E-state index is -3.55. The molecule has 1 N–H and O–H groups in total. The average Bonchev–Trinajstić information content (AvgIpc) is 2.78. The Morgan fingerprint density at radius 3 is 2.14 bits per heavy atom. The van der Waals surface area contributed by atoms with Gasteiger partial charge < -0.3 is 15.0 Å². The Kier molecular flexibility index (Phi) is 9.71. The van der Waals surface area contributed by atoms with Gasteiger partial charge in [0.05, 0.1) is 19.1 Å². The van der Waals surface area contributed by atoms with E-state index in [2.05, 4.69) is 5.32 Å². The lowest BCUT2D eigenvalue weighted by molar-refractivity contribution is -0.141. The fourth-order valence-electron chi connectivity index (χ4n) is 3.59. The van der Waals surface area contributed by atoms with Crippen molar-refractivity contribution in [2.45, 2.75) is 58.7 Å². The molecule has 0 aliphatic rings. The lowest BCUT2D eigenvalue weighted by Gasteiger charge is -2.32. The number of anilines is 1. The van der Waals surface area contributed by atoms with Crippen molar-refractivity contribution in [3.63, 3.8) is 0 Å². The van der Waals surface area contributed by atoms with E-state index in [-0.39, 0.29) is 31.3 Å². The number of ether oxygens (including phenoxy) is 1. The SMILES string of the molecule is COc1ccc(N(CCCC(=O)N(Cc2ccccc2)C(C)C(=O)NC(C)(C)C)S(C)(=O)=O)cc1. The van der Waals surface area contributed by atoms with Crippen LogP contribution in [0.3, 0.4) is 0 Å². The molecule has 1 atom stereocenters. The smallest absolute Gasteiger partial charge is 0.242 e. The van der Waals surface area contributed by atoms with Gasteiger partial charge in [-0.2, -0.15) is 0 Å². The maximum Gasteiger partial charge on any atom is 0.242 e. The quantitative estimate of drug-likeness (QED) is 0.506. The number of methoxy groups -OCH3 is 1. The first kappa shape index (κ1) is 28.2. The molecular formula is C26H37N3O5S. The summed E-state index contributed by atoms with van der Waals surface area (Å²) in [6.07, 6.45) is 1.54. The highest BCUT2D eigenvalue weighted by Gasteiger charge is 2.28. The molecular weight excluding hydrogens is 466 g/mol. The topological polar surface area (TPSA) is 96.0 Å². The van der Waals surface area contributed by atoms with Gasteiger partial charge in [-0.15, -0.1) is 0 Å². The molecule has 2 aromatic rings.